The predicted molar refractivity (Wildman–Crippen MR) is 64.0 cm³/mol. The lowest BCUT2D eigenvalue weighted by Gasteiger charge is -2.21. The van der Waals surface area contributed by atoms with Crippen LogP contribution in [0.4, 0.5) is 4.79 Å². The van der Waals surface area contributed by atoms with Crippen LogP contribution in [0, 0.1) is 5.92 Å². The van der Waals surface area contributed by atoms with Crippen molar-refractivity contribution in [3.63, 3.8) is 0 Å². The van der Waals surface area contributed by atoms with E-state index >= 15 is 0 Å². The van der Waals surface area contributed by atoms with E-state index in [-0.39, 0.29) is 5.91 Å². The number of likely N-dealkylation sites (tertiary alicyclic amines) is 1. The number of rotatable bonds is 4. The van der Waals surface area contributed by atoms with Gasteiger partial charge in [-0.1, -0.05) is 0 Å². The molecule has 0 aromatic rings. The van der Waals surface area contributed by atoms with E-state index in [1.165, 1.54) is 0 Å². The molecule has 2 saturated heterocycles. The molecule has 2 amide bonds. The van der Waals surface area contributed by atoms with Crippen molar-refractivity contribution in [2.24, 2.45) is 5.92 Å². The number of nitrogens with zero attached hydrogens (tertiary/aromatic N) is 1. The van der Waals surface area contributed by atoms with Gasteiger partial charge in [-0.2, -0.15) is 0 Å². The summed E-state index contributed by atoms with van der Waals surface area (Å²) in [6, 6.07) is -0.539. The second kappa shape index (κ2) is 5.56. The number of amides is 2. The summed E-state index contributed by atoms with van der Waals surface area (Å²) in [5.74, 6) is 0.356. The van der Waals surface area contributed by atoms with Crippen LogP contribution in [-0.2, 0) is 14.3 Å². The first-order chi connectivity index (χ1) is 8.61. The zero-order chi connectivity index (χ0) is 13.1. The van der Waals surface area contributed by atoms with Gasteiger partial charge in [-0.15, -0.1) is 0 Å². The molecule has 2 fully saturated rings. The number of hydrogen-bond donors (Lipinski definition) is 1. The van der Waals surface area contributed by atoms with E-state index < -0.39 is 18.2 Å². The van der Waals surface area contributed by atoms with Crippen molar-refractivity contribution in [1.29, 1.82) is 0 Å². The molecular formula is C12H20N2O4. The topological polar surface area (TPSA) is 67.9 Å². The maximum absolute atomic E-state index is 12.2. The van der Waals surface area contributed by atoms with Crippen LogP contribution in [0.2, 0.25) is 0 Å². The summed E-state index contributed by atoms with van der Waals surface area (Å²) in [5.41, 5.74) is 0. The van der Waals surface area contributed by atoms with Gasteiger partial charge >= 0.3 is 6.09 Å². The van der Waals surface area contributed by atoms with Crippen LogP contribution in [0.15, 0.2) is 0 Å². The first kappa shape index (κ1) is 13.1. The van der Waals surface area contributed by atoms with E-state index in [2.05, 4.69) is 5.32 Å². The van der Waals surface area contributed by atoms with Crippen molar-refractivity contribution < 1.29 is 19.1 Å². The zero-order valence-corrected chi connectivity index (χ0v) is 10.8. The second-order valence-corrected chi connectivity index (χ2v) is 4.83. The summed E-state index contributed by atoms with van der Waals surface area (Å²) in [7, 11) is 0. The number of carbonyl (C=O) groups is 2. The van der Waals surface area contributed by atoms with Crippen LogP contribution in [0.1, 0.15) is 20.3 Å². The number of ether oxygens (including phenoxy) is 2. The minimum Gasteiger partial charge on any atom is -0.444 e. The van der Waals surface area contributed by atoms with Gasteiger partial charge in [0.1, 0.15) is 12.1 Å². The highest BCUT2D eigenvalue weighted by atomic mass is 16.6. The maximum Gasteiger partial charge on any atom is 0.408 e. The van der Waals surface area contributed by atoms with Gasteiger partial charge in [-0.3, -0.25) is 4.79 Å². The Morgan fingerprint density at radius 2 is 2.39 bits per heavy atom. The Kier molecular flexibility index (Phi) is 4.06. The molecule has 0 unspecified atom stereocenters. The number of carbonyl (C=O) groups excluding carboxylic acids is 2. The third-order valence-corrected chi connectivity index (χ3v) is 3.46. The number of hydrogen-bond acceptors (Lipinski definition) is 4. The van der Waals surface area contributed by atoms with Gasteiger partial charge in [0.15, 0.2) is 0 Å². The van der Waals surface area contributed by atoms with Gasteiger partial charge in [0.2, 0.25) is 5.91 Å². The van der Waals surface area contributed by atoms with Crippen LogP contribution in [0.3, 0.4) is 0 Å². The minimum atomic E-state index is -0.539. The lowest BCUT2D eigenvalue weighted by molar-refractivity contribution is -0.133. The van der Waals surface area contributed by atoms with Gasteiger partial charge in [0.25, 0.3) is 0 Å². The maximum atomic E-state index is 12.2. The molecule has 0 aliphatic carbocycles. The molecule has 18 heavy (non-hydrogen) atoms. The highest BCUT2D eigenvalue weighted by Gasteiger charge is 2.40. The number of nitrogens with one attached hydrogen (secondary N) is 1. The van der Waals surface area contributed by atoms with Gasteiger partial charge in [-0.25, -0.2) is 4.79 Å². The SMILES string of the molecule is CCOC[C@@H]1CCN(C(=O)[C@@H]2NC(=O)O[C@@H]2C)C1. The molecule has 2 aliphatic rings. The van der Waals surface area contributed by atoms with E-state index in [0.717, 1.165) is 13.0 Å². The molecule has 0 aromatic heterocycles. The molecule has 0 spiro atoms. The van der Waals surface area contributed by atoms with Crippen molar-refractivity contribution in [2.75, 3.05) is 26.3 Å². The van der Waals surface area contributed by atoms with Gasteiger partial charge < -0.3 is 19.7 Å². The van der Waals surface area contributed by atoms with Gasteiger partial charge in [-0.05, 0) is 20.3 Å². The molecule has 3 atom stereocenters. The monoisotopic (exact) mass is 256 g/mol. The minimum absolute atomic E-state index is 0.0488. The van der Waals surface area contributed by atoms with Crippen LogP contribution in [0.25, 0.3) is 0 Å². The largest absolute Gasteiger partial charge is 0.444 e. The predicted octanol–water partition coefficient (Wildman–Crippen LogP) is 0.368. The van der Waals surface area contributed by atoms with Crippen molar-refractivity contribution in [1.82, 2.24) is 10.2 Å². The molecule has 2 aliphatic heterocycles. The van der Waals surface area contributed by atoms with Crippen molar-refractivity contribution in [2.45, 2.75) is 32.4 Å². The molecule has 6 heteroatoms. The Balaban J connectivity index is 1.85. The van der Waals surface area contributed by atoms with Crippen molar-refractivity contribution >= 4 is 12.0 Å². The van der Waals surface area contributed by atoms with Crippen molar-refractivity contribution in [3.8, 4) is 0 Å². The van der Waals surface area contributed by atoms with E-state index in [0.29, 0.717) is 25.7 Å². The molecule has 0 radical (unpaired) electrons. The Bertz CT molecular complexity index is 334. The molecule has 2 heterocycles. The molecule has 1 N–H and O–H groups in total. The highest BCUT2D eigenvalue weighted by Crippen LogP contribution is 2.20. The van der Waals surface area contributed by atoms with E-state index in [4.69, 9.17) is 9.47 Å². The Morgan fingerprint density at radius 1 is 1.61 bits per heavy atom. The zero-order valence-electron chi connectivity index (χ0n) is 10.8. The fourth-order valence-electron chi connectivity index (χ4n) is 2.43. The first-order valence-electron chi connectivity index (χ1n) is 6.45. The van der Waals surface area contributed by atoms with Crippen molar-refractivity contribution in [3.05, 3.63) is 0 Å². The average molecular weight is 256 g/mol. The standard InChI is InChI=1S/C12H20N2O4/c1-3-17-7-9-4-5-14(6-9)11(15)10-8(2)18-12(16)13-10/h8-10H,3-7H2,1-2H3,(H,13,16)/t8-,9-,10-/m1/s1. The van der Waals surface area contributed by atoms with E-state index in [1.807, 2.05) is 6.92 Å². The fourth-order valence-corrected chi connectivity index (χ4v) is 2.43. The smallest absolute Gasteiger partial charge is 0.408 e. The molecule has 6 nitrogen and oxygen atoms in total. The molecule has 0 aromatic carbocycles. The van der Waals surface area contributed by atoms with Crippen LogP contribution >= 0.6 is 0 Å². The summed E-state index contributed by atoms with van der Waals surface area (Å²) >= 11 is 0. The summed E-state index contributed by atoms with van der Waals surface area (Å²) in [5, 5.41) is 2.55. The second-order valence-electron chi connectivity index (χ2n) is 4.83. The van der Waals surface area contributed by atoms with Crippen LogP contribution in [0.5, 0.6) is 0 Å². The highest BCUT2D eigenvalue weighted by molar-refractivity contribution is 5.88. The summed E-state index contributed by atoms with van der Waals surface area (Å²) in [6.45, 7) is 6.53. The number of alkyl carbamates (subject to hydrolysis) is 1. The van der Waals surface area contributed by atoms with E-state index in [9.17, 15) is 9.59 Å². The summed E-state index contributed by atoms with van der Waals surface area (Å²) in [4.78, 5) is 25.1. The quantitative estimate of drug-likeness (QED) is 0.789. The molecule has 0 saturated carbocycles. The first-order valence-corrected chi connectivity index (χ1v) is 6.45. The Labute approximate surface area is 107 Å². The van der Waals surface area contributed by atoms with Gasteiger partial charge in [0, 0.05) is 25.6 Å². The van der Waals surface area contributed by atoms with Crippen LogP contribution in [-0.4, -0.2) is 55.3 Å². The molecule has 102 valence electrons. The third-order valence-electron chi connectivity index (χ3n) is 3.46. The van der Waals surface area contributed by atoms with Crippen LogP contribution < -0.4 is 5.32 Å². The summed E-state index contributed by atoms with van der Waals surface area (Å²) < 4.78 is 10.3. The molecule has 0 bridgehead atoms. The normalized spacial score (nSPS) is 31.3. The Morgan fingerprint density at radius 3 is 3.00 bits per heavy atom. The third kappa shape index (κ3) is 2.75. The summed E-state index contributed by atoms with van der Waals surface area (Å²) in [6.07, 6.45) is 0.0589. The fraction of sp³-hybridized carbons (Fsp3) is 0.833. The number of cyclic esters (lactones) is 1. The average Bonchev–Trinajstić information content (AvgIpc) is 2.92. The Hall–Kier alpha value is -1.30. The van der Waals surface area contributed by atoms with E-state index in [1.54, 1.807) is 11.8 Å². The van der Waals surface area contributed by atoms with Gasteiger partial charge in [0.05, 0.1) is 6.61 Å². The lowest BCUT2D eigenvalue weighted by atomic mass is 10.1. The lowest BCUT2D eigenvalue weighted by Crippen LogP contribution is -2.47. The molecular weight excluding hydrogens is 236 g/mol. The molecule has 2 rings (SSSR count).